The maximum atomic E-state index is 9.56. The lowest BCUT2D eigenvalue weighted by Crippen LogP contribution is -2.17. The fraction of sp³-hybridized carbons (Fsp3) is 0.167. The largest absolute Gasteiger partial charge is 0.383 e. The fourth-order valence-electron chi connectivity index (χ4n) is 1.33. The minimum Gasteiger partial charge on any atom is -0.383 e. The number of pyridine rings is 1. The van der Waals surface area contributed by atoms with Crippen molar-refractivity contribution < 1.29 is 5.11 Å². The van der Waals surface area contributed by atoms with Gasteiger partial charge in [0.05, 0.1) is 18.0 Å². The molecule has 1 unspecified atom stereocenters. The van der Waals surface area contributed by atoms with Gasteiger partial charge < -0.3 is 5.11 Å². The fourth-order valence-corrected chi connectivity index (χ4v) is 1.33. The minimum absolute atomic E-state index is 0.505. The van der Waals surface area contributed by atoms with Crippen LogP contribution in [0, 0.1) is 0 Å². The predicted molar refractivity (Wildman–Crippen MR) is 59.7 cm³/mol. The molecular formula is C12H12N2O. The van der Waals surface area contributed by atoms with Crippen molar-refractivity contribution in [3.63, 3.8) is 0 Å². The van der Waals surface area contributed by atoms with Gasteiger partial charge in [-0.3, -0.25) is 9.98 Å². The minimum atomic E-state index is -0.585. The first kappa shape index (κ1) is 9.80. The molecule has 0 amide bonds. The molecule has 1 aromatic rings. The van der Waals surface area contributed by atoms with E-state index in [0.717, 1.165) is 5.69 Å². The Balaban J connectivity index is 2.06. The molecule has 0 radical (unpaired) electrons. The van der Waals surface area contributed by atoms with Gasteiger partial charge in [-0.15, -0.1) is 0 Å². The first-order chi connectivity index (χ1) is 7.36. The van der Waals surface area contributed by atoms with Crippen LogP contribution in [0.2, 0.25) is 0 Å². The average Bonchev–Trinajstić information content (AvgIpc) is 2.29. The quantitative estimate of drug-likeness (QED) is 0.786. The van der Waals surface area contributed by atoms with Crippen molar-refractivity contribution in [1.29, 1.82) is 0 Å². The zero-order valence-electron chi connectivity index (χ0n) is 8.24. The van der Waals surface area contributed by atoms with Crippen molar-refractivity contribution in [1.82, 2.24) is 4.98 Å². The van der Waals surface area contributed by atoms with Crippen LogP contribution in [0.1, 0.15) is 5.69 Å². The molecule has 0 fully saturated rings. The lowest BCUT2D eigenvalue weighted by molar-refractivity contribution is 0.289. The van der Waals surface area contributed by atoms with E-state index in [9.17, 15) is 5.11 Å². The van der Waals surface area contributed by atoms with Gasteiger partial charge in [0.2, 0.25) is 0 Å². The SMILES string of the molecule is OC1C=CC=CC1=NCc1ccccn1. The van der Waals surface area contributed by atoms with E-state index < -0.39 is 6.10 Å². The number of aliphatic imine (C=N–C) groups is 1. The Bertz CT molecular complexity index is 407. The van der Waals surface area contributed by atoms with Gasteiger partial charge in [-0.05, 0) is 18.2 Å². The van der Waals surface area contributed by atoms with Crippen molar-refractivity contribution in [3.05, 3.63) is 54.4 Å². The van der Waals surface area contributed by atoms with E-state index in [1.165, 1.54) is 0 Å². The van der Waals surface area contributed by atoms with Gasteiger partial charge >= 0.3 is 0 Å². The zero-order chi connectivity index (χ0) is 10.5. The van der Waals surface area contributed by atoms with Crippen LogP contribution in [0.25, 0.3) is 0 Å². The first-order valence-corrected chi connectivity index (χ1v) is 4.83. The normalized spacial score (nSPS) is 22.2. The zero-order valence-corrected chi connectivity index (χ0v) is 8.24. The highest BCUT2D eigenvalue weighted by Gasteiger charge is 2.07. The molecule has 1 heterocycles. The smallest absolute Gasteiger partial charge is 0.114 e. The number of nitrogens with zero attached hydrogens (tertiary/aromatic N) is 2. The van der Waals surface area contributed by atoms with Crippen molar-refractivity contribution in [2.75, 3.05) is 0 Å². The maximum absolute atomic E-state index is 9.56. The Morgan fingerprint density at radius 1 is 1.33 bits per heavy atom. The molecule has 15 heavy (non-hydrogen) atoms. The summed E-state index contributed by atoms with van der Waals surface area (Å²) in [6.07, 6.45) is 8.35. The summed E-state index contributed by atoms with van der Waals surface area (Å²) in [5.41, 5.74) is 1.59. The Labute approximate surface area is 88.5 Å². The number of aliphatic hydroxyl groups is 1. The summed E-state index contributed by atoms with van der Waals surface area (Å²) in [4.78, 5) is 8.46. The Hall–Kier alpha value is -1.74. The van der Waals surface area contributed by atoms with E-state index in [1.807, 2.05) is 36.4 Å². The molecule has 1 aliphatic carbocycles. The van der Waals surface area contributed by atoms with Crippen LogP contribution in [0.4, 0.5) is 0 Å². The summed E-state index contributed by atoms with van der Waals surface area (Å²) < 4.78 is 0. The van der Waals surface area contributed by atoms with Crippen molar-refractivity contribution in [2.45, 2.75) is 12.6 Å². The van der Waals surface area contributed by atoms with Crippen molar-refractivity contribution in [2.24, 2.45) is 4.99 Å². The van der Waals surface area contributed by atoms with Gasteiger partial charge in [0.15, 0.2) is 0 Å². The predicted octanol–water partition coefficient (Wildman–Crippen LogP) is 1.51. The molecular weight excluding hydrogens is 188 g/mol. The van der Waals surface area contributed by atoms with Gasteiger partial charge in [-0.25, -0.2) is 0 Å². The van der Waals surface area contributed by atoms with Crippen LogP contribution in [0.3, 0.4) is 0 Å². The Morgan fingerprint density at radius 2 is 2.27 bits per heavy atom. The molecule has 1 atom stereocenters. The van der Waals surface area contributed by atoms with Crippen molar-refractivity contribution in [3.8, 4) is 0 Å². The molecule has 0 aliphatic heterocycles. The molecule has 1 aliphatic rings. The van der Waals surface area contributed by atoms with Gasteiger partial charge in [0.1, 0.15) is 6.10 Å². The number of allylic oxidation sites excluding steroid dienone is 2. The summed E-state index contributed by atoms with van der Waals surface area (Å²) in [5, 5.41) is 9.56. The van der Waals surface area contributed by atoms with Crippen LogP contribution in [-0.4, -0.2) is 21.9 Å². The van der Waals surface area contributed by atoms with E-state index in [-0.39, 0.29) is 0 Å². The van der Waals surface area contributed by atoms with Gasteiger partial charge in [0, 0.05) is 6.20 Å². The second kappa shape index (κ2) is 4.66. The molecule has 2 rings (SSSR count). The monoisotopic (exact) mass is 200 g/mol. The molecule has 1 N–H and O–H groups in total. The van der Waals surface area contributed by atoms with E-state index in [0.29, 0.717) is 12.3 Å². The third-order valence-corrected chi connectivity index (χ3v) is 2.12. The molecule has 3 nitrogen and oxygen atoms in total. The summed E-state index contributed by atoms with van der Waals surface area (Å²) in [7, 11) is 0. The molecule has 1 aromatic heterocycles. The van der Waals surface area contributed by atoms with Crippen LogP contribution in [0.5, 0.6) is 0 Å². The molecule has 0 aromatic carbocycles. The van der Waals surface area contributed by atoms with Gasteiger partial charge in [-0.2, -0.15) is 0 Å². The number of hydrogen-bond donors (Lipinski definition) is 1. The molecule has 3 heteroatoms. The Morgan fingerprint density at radius 3 is 3.00 bits per heavy atom. The van der Waals surface area contributed by atoms with Gasteiger partial charge in [0.25, 0.3) is 0 Å². The standard InChI is InChI=1S/C12H12N2O/c15-12-7-2-1-6-11(12)14-9-10-5-3-4-8-13-10/h1-8,12,15H,9H2. The second-order valence-corrected chi connectivity index (χ2v) is 3.25. The highest BCUT2D eigenvalue weighted by molar-refractivity contribution is 6.00. The highest BCUT2D eigenvalue weighted by atomic mass is 16.3. The summed E-state index contributed by atoms with van der Waals surface area (Å²) >= 11 is 0. The maximum Gasteiger partial charge on any atom is 0.114 e. The topological polar surface area (TPSA) is 45.5 Å². The lowest BCUT2D eigenvalue weighted by Gasteiger charge is -2.08. The average molecular weight is 200 g/mol. The van der Waals surface area contributed by atoms with E-state index in [2.05, 4.69) is 9.98 Å². The van der Waals surface area contributed by atoms with Crippen LogP contribution in [-0.2, 0) is 6.54 Å². The molecule has 0 bridgehead atoms. The van der Waals surface area contributed by atoms with Crippen LogP contribution >= 0.6 is 0 Å². The molecule has 0 saturated heterocycles. The number of aromatic nitrogens is 1. The van der Waals surface area contributed by atoms with Crippen LogP contribution < -0.4 is 0 Å². The highest BCUT2D eigenvalue weighted by Crippen LogP contribution is 2.03. The van der Waals surface area contributed by atoms with Gasteiger partial charge in [-0.1, -0.05) is 24.3 Å². The third kappa shape index (κ3) is 2.60. The third-order valence-electron chi connectivity index (χ3n) is 2.12. The molecule has 0 spiro atoms. The summed E-state index contributed by atoms with van der Waals surface area (Å²) in [6.45, 7) is 0.505. The molecule has 76 valence electrons. The lowest BCUT2D eigenvalue weighted by atomic mass is 10.1. The molecule has 0 saturated carbocycles. The number of rotatable bonds is 2. The van der Waals surface area contributed by atoms with Crippen LogP contribution in [0.15, 0.2) is 53.7 Å². The Kier molecular flexibility index (Phi) is 3.05. The summed E-state index contributed by atoms with van der Waals surface area (Å²) in [6, 6.07) is 5.71. The van der Waals surface area contributed by atoms with Crippen molar-refractivity contribution >= 4 is 5.71 Å². The first-order valence-electron chi connectivity index (χ1n) is 4.83. The second-order valence-electron chi connectivity index (χ2n) is 3.25. The number of aliphatic hydroxyl groups excluding tert-OH is 1. The van der Waals surface area contributed by atoms with E-state index in [4.69, 9.17) is 0 Å². The van der Waals surface area contributed by atoms with E-state index in [1.54, 1.807) is 12.3 Å². The summed E-state index contributed by atoms with van der Waals surface area (Å²) in [5.74, 6) is 0. The number of hydrogen-bond acceptors (Lipinski definition) is 3. The van der Waals surface area contributed by atoms with E-state index >= 15 is 0 Å².